The molecule has 4 heteroatoms. The van der Waals surface area contributed by atoms with E-state index in [-0.39, 0.29) is 0 Å². The summed E-state index contributed by atoms with van der Waals surface area (Å²) in [6, 6.07) is 6.13. The molecule has 19 heavy (non-hydrogen) atoms. The van der Waals surface area contributed by atoms with E-state index in [1.54, 1.807) is 13.3 Å². The third-order valence-electron chi connectivity index (χ3n) is 3.05. The molecule has 0 bridgehead atoms. The topological polar surface area (TPSA) is 39.1 Å². The van der Waals surface area contributed by atoms with Crippen LogP contribution in [0.1, 0.15) is 25.3 Å². The predicted molar refractivity (Wildman–Crippen MR) is 78.3 cm³/mol. The molecule has 1 aromatic heterocycles. The molecule has 102 valence electrons. The van der Waals surface area contributed by atoms with Gasteiger partial charge in [0, 0.05) is 18.9 Å². The van der Waals surface area contributed by atoms with Crippen molar-refractivity contribution in [2.45, 2.75) is 26.7 Å². The standard InChI is InChI=1S/C15H21N3O/c1-4-5-8-16-15-17-9-10-18(15)13-11-12(2)6-7-14(13)19-3/h6-7,9-11H,4-5,8H2,1-3H3,(H,16,17). The highest BCUT2D eigenvalue weighted by Gasteiger charge is 2.09. The Hall–Kier alpha value is -1.97. The monoisotopic (exact) mass is 259 g/mol. The van der Waals surface area contributed by atoms with Crippen LogP contribution in [0.4, 0.5) is 5.95 Å². The van der Waals surface area contributed by atoms with Gasteiger partial charge in [0.15, 0.2) is 0 Å². The molecule has 2 aromatic rings. The van der Waals surface area contributed by atoms with Crippen LogP contribution < -0.4 is 10.1 Å². The Morgan fingerprint density at radius 2 is 2.21 bits per heavy atom. The molecule has 0 saturated heterocycles. The van der Waals surface area contributed by atoms with Gasteiger partial charge in [0.05, 0.1) is 12.8 Å². The smallest absolute Gasteiger partial charge is 0.207 e. The number of nitrogens with one attached hydrogen (secondary N) is 1. The van der Waals surface area contributed by atoms with E-state index in [9.17, 15) is 0 Å². The minimum atomic E-state index is 0.849. The number of aromatic nitrogens is 2. The molecular formula is C15H21N3O. The van der Waals surface area contributed by atoms with Gasteiger partial charge in [0.25, 0.3) is 0 Å². The zero-order chi connectivity index (χ0) is 13.7. The van der Waals surface area contributed by atoms with E-state index in [0.29, 0.717) is 0 Å². The van der Waals surface area contributed by atoms with Crippen LogP contribution in [0.15, 0.2) is 30.6 Å². The van der Waals surface area contributed by atoms with Gasteiger partial charge in [-0.3, -0.25) is 4.57 Å². The number of methoxy groups -OCH3 is 1. The highest BCUT2D eigenvalue weighted by molar-refractivity contribution is 5.53. The second kappa shape index (κ2) is 6.27. The van der Waals surface area contributed by atoms with E-state index in [1.165, 1.54) is 12.0 Å². The minimum Gasteiger partial charge on any atom is -0.495 e. The van der Waals surface area contributed by atoms with Crippen LogP contribution >= 0.6 is 0 Å². The fraction of sp³-hybridized carbons (Fsp3) is 0.400. The minimum absolute atomic E-state index is 0.849. The highest BCUT2D eigenvalue weighted by Crippen LogP contribution is 2.26. The van der Waals surface area contributed by atoms with Gasteiger partial charge in [0.2, 0.25) is 5.95 Å². The summed E-state index contributed by atoms with van der Waals surface area (Å²) >= 11 is 0. The van der Waals surface area contributed by atoms with Crippen molar-refractivity contribution >= 4 is 5.95 Å². The SMILES string of the molecule is CCCCNc1nccn1-c1cc(C)ccc1OC. The first-order valence-corrected chi connectivity index (χ1v) is 6.68. The predicted octanol–water partition coefficient (Wildman–Crippen LogP) is 3.40. The first-order valence-electron chi connectivity index (χ1n) is 6.68. The lowest BCUT2D eigenvalue weighted by Crippen LogP contribution is -2.08. The van der Waals surface area contributed by atoms with Gasteiger partial charge in [-0.25, -0.2) is 4.98 Å². The Kier molecular flexibility index (Phi) is 4.44. The molecule has 4 nitrogen and oxygen atoms in total. The van der Waals surface area contributed by atoms with Crippen molar-refractivity contribution in [1.82, 2.24) is 9.55 Å². The van der Waals surface area contributed by atoms with Crippen LogP contribution in [0.3, 0.4) is 0 Å². The summed E-state index contributed by atoms with van der Waals surface area (Å²) in [6.07, 6.45) is 6.06. The van der Waals surface area contributed by atoms with E-state index < -0.39 is 0 Å². The lowest BCUT2D eigenvalue weighted by molar-refractivity contribution is 0.413. The Balaban J connectivity index is 2.31. The van der Waals surface area contributed by atoms with E-state index in [1.807, 2.05) is 22.9 Å². The molecule has 0 fully saturated rings. The number of unbranched alkanes of at least 4 members (excludes halogenated alkanes) is 1. The number of rotatable bonds is 6. The number of aryl methyl sites for hydroxylation is 1. The number of nitrogens with zero attached hydrogens (tertiary/aromatic N) is 2. The van der Waals surface area contributed by atoms with Crippen LogP contribution in [-0.4, -0.2) is 23.2 Å². The van der Waals surface area contributed by atoms with Crippen LogP contribution in [-0.2, 0) is 0 Å². The molecule has 1 heterocycles. The first kappa shape index (κ1) is 13.5. The zero-order valence-electron chi connectivity index (χ0n) is 11.8. The van der Waals surface area contributed by atoms with Gasteiger partial charge in [-0.15, -0.1) is 0 Å². The molecule has 0 atom stereocenters. The summed E-state index contributed by atoms with van der Waals surface area (Å²) in [7, 11) is 1.69. The van der Waals surface area contributed by atoms with Crippen molar-refractivity contribution in [2.75, 3.05) is 19.0 Å². The van der Waals surface area contributed by atoms with Crippen LogP contribution in [0.2, 0.25) is 0 Å². The third kappa shape index (κ3) is 3.08. The van der Waals surface area contributed by atoms with Gasteiger partial charge in [-0.1, -0.05) is 19.4 Å². The molecular weight excluding hydrogens is 238 g/mol. The molecule has 0 unspecified atom stereocenters. The highest BCUT2D eigenvalue weighted by atomic mass is 16.5. The summed E-state index contributed by atoms with van der Waals surface area (Å²) in [4.78, 5) is 4.37. The van der Waals surface area contributed by atoms with Gasteiger partial charge in [-0.2, -0.15) is 0 Å². The summed E-state index contributed by atoms with van der Waals surface area (Å²) < 4.78 is 7.46. The second-order valence-corrected chi connectivity index (χ2v) is 4.58. The molecule has 0 radical (unpaired) electrons. The maximum absolute atomic E-state index is 5.43. The van der Waals surface area contributed by atoms with Crippen molar-refractivity contribution in [3.05, 3.63) is 36.2 Å². The van der Waals surface area contributed by atoms with Crippen molar-refractivity contribution < 1.29 is 4.74 Å². The number of benzene rings is 1. The maximum Gasteiger partial charge on any atom is 0.207 e. The third-order valence-corrected chi connectivity index (χ3v) is 3.05. The number of anilines is 1. The van der Waals surface area contributed by atoms with Crippen molar-refractivity contribution in [2.24, 2.45) is 0 Å². The number of imidazole rings is 1. The lowest BCUT2D eigenvalue weighted by Gasteiger charge is -2.13. The average Bonchev–Trinajstić information content (AvgIpc) is 2.87. The Bertz CT molecular complexity index is 534. The van der Waals surface area contributed by atoms with Gasteiger partial charge < -0.3 is 10.1 Å². The Labute approximate surface area is 114 Å². The second-order valence-electron chi connectivity index (χ2n) is 4.58. The molecule has 0 amide bonds. The molecule has 2 rings (SSSR count). The van der Waals surface area contributed by atoms with E-state index in [4.69, 9.17) is 4.74 Å². The largest absolute Gasteiger partial charge is 0.495 e. The normalized spacial score (nSPS) is 10.5. The van der Waals surface area contributed by atoms with E-state index >= 15 is 0 Å². The fourth-order valence-corrected chi connectivity index (χ4v) is 1.99. The van der Waals surface area contributed by atoms with Crippen LogP contribution in [0, 0.1) is 6.92 Å². The summed E-state index contributed by atoms with van der Waals surface area (Å²) in [5.74, 6) is 1.71. The molecule has 1 aromatic carbocycles. The molecule has 0 aliphatic rings. The van der Waals surface area contributed by atoms with Crippen LogP contribution in [0.25, 0.3) is 5.69 Å². The van der Waals surface area contributed by atoms with E-state index in [2.05, 4.69) is 30.2 Å². The molecule has 1 N–H and O–H groups in total. The van der Waals surface area contributed by atoms with Crippen molar-refractivity contribution in [3.63, 3.8) is 0 Å². The average molecular weight is 259 g/mol. The summed E-state index contributed by atoms with van der Waals surface area (Å²) in [6.45, 7) is 5.18. The van der Waals surface area contributed by atoms with E-state index in [0.717, 1.165) is 30.4 Å². The molecule has 0 spiro atoms. The van der Waals surface area contributed by atoms with Gasteiger partial charge >= 0.3 is 0 Å². The Morgan fingerprint density at radius 3 is 2.95 bits per heavy atom. The number of hydrogen-bond donors (Lipinski definition) is 1. The maximum atomic E-state index is 5.43. The summed E-state index contributed by atoms with van der Waals surface area (Å²) in [5, 5.41) is 3.36. The molecule has 0 aliphatic heterocycles. The zero-order valence-corrected chi connectivity index (χ0v) is 11.8. The molecule has 0 saturated carbocycles. The number of hydrogen-bond acceptors (Lipinski definition) is 3. The lowest BCUT2D eigenvalue weighted by atomic mass is 10.2. The first-order chi connectivity index (χ1) is 9.26. The fourth-order valence-electron chi connectivity index (χ4n) is 1.99. The van der Waals surface area contributed by atoms with Crippen molar-refractivity contribution in [3.8, 4) is 11.4 Å². The van der Waals surface area contributed by atoms with Crippen LogP contribution in [0.5, 0.6) is 5.75 Å². The molecule has 0 aliphatic carbocycles. The quantitative estimate of drug-likeness (QED) is 0.808. The summed E-state index contributed by atoms with van der Waals surface area (Å²) in [5.41, 5.74) is 2.21. The van der Waals surface area contributed by atoms with Crippen molar-refractivity contribution in [1.29, 1.82) is 0 Å². The van der Waals surface area contributed by atoms with Gasteiger partial charge in [-0.05, 0) is 31.0 Å². The van der Waals surface area contributed by atoms with Gasteiger partial charge in [0.1, 0.15) is 5.75 Å². The number of ether oxygens (including phenoxy) is 1. The Morgan fingerprint density at radius 1 is 1.37 bits per heavy atom.